The monoisotopic (exact) mass is 348 g/mol. The van der Waals surface area contributed by atoms with Gasteiger partial charge in [0, 0.05) is 19.2 Å². The van der Waals surface area contributed by atoms with Gasteiger partial charge in [-0.1, -0.05) is 12.1 Å². The average Bonchev–Trinajstić information content (AvgIpc) is 2.55. The topological polar surface area (TPSA) is 66.5 Å². The number of aryl methyl sites for hydroxylation is 1. The molecule has 2 aromatic carbocycles. The van der Waals surface area contributed by atoms with E-state index in [1.54, 1.807) is 23.1 Å². The third-order valence-electron chi connectivity index (χ3n) is 3.98. The standard InChI is InChI=1S/C17H17FN2O3S/c1-12(21)20-10-4-5-13-11-14(8-9-17(13)20)24(22,23)19-16-7-3-2-6-15(16)18/h2-3,6-9,11,19H,4-5,10H2,1H3. The lowest BCUT2D eigenvalue weighted by Crippen LogP contribution is -2.33. The number of nitrogens with one attached hydrogen (secondary N) is 1. The summed E-state index contributed by atoms with van der Waals surface area (Å²) in [5.74, 6) is -0.710. The lowest BCUT2D eigenvalue weighted by atomic mass is 10.0. The van der Waals surface area contributed by atoms with E-state index in [4.69, 9.17) is 0 Å². The summed E-state index contributed by atoms with van der Waals surface area (Å²) in [6.45, 7) is 2.11. The van der Waals surface area contributed by atoms with Crippen LogP contribution >= 0.6 is 0 Å². The van der Waals surface area contributed by atoms with Gasteiger partial charge in [-0.15, -0.1) is 0 Å². The molecule has 2 aromatic rings. The lowest BCUT2D eigenvalue weighted by molar-refractivity contribution is -0.116. The van der Waals surface area contributed by atoms with E-state index in [1.807, 2.05) is 0 Å². The van der Waals surface area contributed by atoms with E-state index in [-0.39, 0.29) is 16.5 Å². The zero-order valence-electron chi connectivity index (χ0n) is 13.1. The van der Waals surface area contributed by atoms with Crippen molar-refractivity contribution >= 4 is 27.3 Å². The molecule has 3 rings (SSSR count). The summed E-state index contributed by atoms with van der Waals surface area (Å²) in [5.41, 5.74) is 1.44. The van der Waals surface area contributed by atoms with Gasteiger partial charge in [-0.3, -0.25) is 9.52 Å². The first kappa shape index (κ1) is 16.4. The van der Waals surface area contributed by atoms with E-state index < -0.39 is 15.8 Å². The Morgan fingerprint density at radius 2 is 1.96 bits per heavy atom. The lowest BCUT2D eigenvalue weighted by Gasteiger charge is -2.28. The largest absolute Gasteiger partial charge is 0.312 e. The third-order valence-corrected chi connectivity index (χ3v) is 5.34. The van der Waals surface area contributed by atoms with Gasteiger partial charge in [-0.25, -0.2) is 12.8 Å². The average molecular weight is 348 g/mol. The zero-order valence-corrected chi connectivity index (χ0v) is 13.9. The second kappa shape index (κ2) is 6.24. The van der Waals surface area contributed by atoms with E-state index in [2.05, 4.69) is 4.72 Å². The Balaban J connectivity index is 1.95. The summed E-state index contributed by atoms with van der Waals surface area (Å²) in [6.07, 6.45) is 1.47. The number of fused-ring (bicyclic) bond motifs is 1. The van der Waals surface area contributed by atoms with Crippen LogP contribution in [0.4, 0.5) is 15.8 Å². The molecule has 0 fully saturated rings. The Morgan fingerprint density at radius 1 is 1.21 bits per heavy atom. The van der Waals surface area contributed by atoms with Gasteiger partial charge in [0.25, 0.3) is 10.0 Å². The fourth-order valence-electron chi connectivity index (χ4n) is 2.82. The number of para-hydroxylation sites is 1. The number of nitrogens with zero attached hydrogens (tertiary/aromatic N) is 1. The highest BCUT2D eigenvalue weighted by atomic mass is 32.2. The van der Waals surface area contributed by atoms with Crippen LogP contribution in [0.2, 0.25) is 0 Å². The smallest absolute Gasteiger partial charge is 0.261 e. The Labute approximate surface area is 140 Å². The van der Waals surface area contributed by atoms with Crippen molar-refractivity contribution in [2.24, 2.45) is 0 Å². The predicted octanol–water partition coefficient (Wildman–Crippen LogP) is 2.93. The Morgan fingerprint density at radius 3 is 2.67 bits per heavy atom. The van der Waals surface area contributed by atoms with Gasteiger partial charge < -0.3 is 4.90 Å². The minimum Gasteiger partial charge on any atom is -0.312 e. The minimum atomic E-state index is -3.90. The van der Waals surface area contributed by atoms with Crippen LogP contribution in [0.1, 0.15) is 18.9 Å². The Bertz CT molecular complexity index is 896. The van der Waals surface area contributed by atoms with Crippen molar-refractivity contribution in [3.63, 3.8) is 0 Å². The molecule has 0 saturated carbocycles. The second-order valence-electron chi connectivity index (χ2n) is 5.65. The van der Waals surface area contributed by atoms with Gasteiger partial charge >= 0.3 is 0 Å². The van der Waals surface area contributed by atoms with Crippen molar-refractivity contribution < 1.29 is 17.6 Å². The van der Waals surface area contributed by atoms with Crippen molar-refractivity contribution in [3.8, 4) is 0 Å². The fraction of sp³-hybridized carbons (Fsp3) is 0.235. The van der Waals surface area contributed by atoms with Gasteiger partial charge in [0.1, 0.15) is 5.82 Å². The number of sulfonamides is 1. The molecule has 0 radical (unpaired) electrons. The Hall–Kier alpha value is -2.41. The van der Waals surface area contributed by atoms with E-state index in [0.717, 1.165) is 17.7 Å². The number of hydrogen-bond donors (Lipinski definition) is 1. The molecule has 1 heterocycles. The predicted molar refractivity (Wildman–Crippen MR) is 90.0 cm³/mol. The van der Waals surface area contributed by atoms with Crippen LogP contribution in [0.25, 0.3) is 0 Å². The molecule has 1 N–H and O–H groups in total. The molecular formula is C17H17FN2O3S. The second-order valence-corrected chi connectivity index (χ2v) is 7.33. The molecule has 24 heavy (non-hydrogen) atoms. The maximum Gasteiger partial charge on any atom is 0.261 e. The quantitative estimate of drug-likeness (QED) is 0.927. The molecule has 0 spiro atoms. The first-order valence-electron chi connectivity index (χ1n) is 7.57. The summed E-state index contributed by atoms with van der Waals surface area (Å²) >= 11 is 0. The normalized spacial score (nSPS) is 14.2. The number of benzene rings is 2. The van der Waals surface area contributed by atoms with E-state index in [9.17, 15) is 17.6 Å². The highest BCUT2D eigenvalue weighted by Crippen LogP contribution is 2.30. The zero-order chi connectivity index (χ0) is 17.3. The molecule has 0 atom stereocenters. The van der Waals surface area contributed by atoms with Crippen molar-refractivity contribution in [1.82, 2.24) is 0 Å². The number of rotatable bonds is 3. The number of halogens is 1. The van der Waals surface area contributed by atoms with Gasteiger partial charge in [-0.2, -0.15) is 0 Å². The van der Waals surface area contributed by atoms with Crippen LogP contribution in [0.15, 0.2) is 47.4 Å². The number of hydrogen-bond acceptors (Lipinski definition) is 3. The number of anilines is 2. The fourth-order valence-corrected chi connectivity index (χ4v) is 3.93. The summed E-state index contributed by atoms with van der Waals surface area (Å²) in [7, 11) is -3.90. The van der Waals surface area contributed by atoms with Crippen molar-refractivity contribution in [1.29, 1.82) is 0 Å². The first-order valence-corrected chi connectivity index (χ1v) is 9.05. The summed E-state index contributed by atoms with van der Waals surface area (Å²) in [4.78, 5) is 13.4. The molecule has 1 aliphatic heterocycles. The molecule has 0 aromatic heterocycles. The molecule has 126 valence electrons. The van der Waals surface area contributed by atoms with Crippen LogP contribution < -0.4 is 9.62 Å². The molecule has 7 heteroatoms. The maximum absolute atomic E-state index is 13.7. The number of carbonyl (C=O) groups is 1. The SMILES string of the molecule is CC(=O)N1CCCc2cc(S(=O)(=O)Nc3ccccc3F)ccc21. The van der Waals surface area contributed by atoms with Gasteiger partial charge in [0.05, 0.1) is 10.6 Å². The highest BCUT2D eigenvalue weighted by molar-refractivity contribution is 7.92. The van der Waals surface area contributed by atoms with Crippen LogP contribution in [-0.4, -0.2) is 20.9 Å². The third kappa shape index (κ3) is 3.12. The molecule has 5 nitrogen and oxygen atoms in total. The number of amides is 1. The van der Waals surface area contributed by atoms with Crippen molar-refractivity contribution in [2.75, 3.05) is 16.2 Å². The molecule has 0 unspecified atom stereocenters. The van der Waals surface area contributed by atoms with Crippen molar-refractivity contribution in [2.45, 2.75) is 24.7 Å². The highest BCUT2D eigenvalue weighted by Gasteiger charge is 2.23. The van der Waals surface area contributed by atoms with E-state index >= 15 is 0 Å². The van der Waals surface area contributed by atoms with Crippen LogP contribution in [0.3, 0.4) is 0 Å². The van der Waals surface area contributed by atoms with E-state index in [0.29, 0.717) is 13.0 Å². The van der Waals surface area contributed by atoms with E-state index in [1.165, 1.54) is 31.2 Å². The van der Waals surface area contributed by atoms with Gasteiger partial charge in [0.15, 0.2) is 0 Å². The van der Waals surface area contributed by atoms with Crippen LogP contribution in [0.5, 0.6) is 0 Å². The summed E-state index contributed by atoms with van der Waals surface area (Å²) < 4.78 is 40.9. The molecule has 0 aliphatic carbocycles. The number of carbonyl (C=O) groups excluding carboxylic acids is 1. The van der Waals surface area contributed by atoms with Gasteiger partial charge in [-0.05, 0) is 48.7 Å². The molecule has 1 aliphatic rings. The van der Waals surface area contributed by atoms with Gasteiger partial charge in [0.2, 0.25) is 5.91 Å². The molecular weight excluding hydrogens is 331 g/mol. The van der Waals surface area contributed by atoms with Crippen LogP contribution in [0, 0.1) is 5.82 Å². The Kier molecular flexibility index (Phi) is 4.28. The minimum absolute atomic E-state index is 0.0508. The first-order chi connectivity index (χ1) is 11.4. The molecule has 1 amide bonds. The van der Waals surface area contributed by atoms with Crippen molar-refractivity contribution in [3.05, 3.63) is 53.8 Å². The molecule has 0 saturated heterocycles. The maximum atomic E-state index is 13.7. The van der Waals surface area contributed by atoms with Crippen LogP contribution in [-0.2, 0) is 21.2 Å². The molecule has 0 bridgehead atoms. The summed E-state index contributed by atoms with van der Waals surface area (Å²) in [6, 6.07) is 10.2. The summed E-state index contributed by atoms with van der Waals surface area (Å²) in [5, 5.41) is 0.